The fourth-order valence-electron chi connectivity index (χ4n) is 3.67. The molecule has 0 saturated carbocycles. The molecular formula is C22H26N6O2. The summed E-state index contributed by atoms with van der Waals surface area (Å²) in [6.07, 6.45) is 3.39. The van der Waals surface area contributed by atoms with E-state index in [1.165, 1.54) is 0 Å². The number of carbonyl (C=O) groups excluding carboxylic acids is 1. The summed E-state index contributed by atoms with van der Waals surface area (Å²) < 4.78 is 1.77. The first-order valence-corrected chi connectivity index (χ1v) is 10.2. The van der Waals surface area contributed by atoms with E-state index in [2.05, 4.69) is 29.1 Å². The number of hydrogen-bond acceptors (Lipinski definition) is 5. The Kier molecular flexibility index (Phi) is 5.65. The van der Waals surface area contributed by atoms with Crippen molar-refractivity contribution < 1.29 is 4.79 Å². The Balaban J connectivity index is 1.52. The fraction of sp³-hybridized carbons (Fsp3) is 0.364. The maximum Gasteiger partial charge on any atom is 0.321 e. The fourth-order valence-corrected chi connectivity index (χ4v) is 3.67. The third-order valence-electron chi connectivity index (χ3n) is 5.17. The highest BCUT2D eigenvalue weighted by molar-refractivity contribution is 5.89. The van der Waals surface area contributed by atoms with Crippen LogP contribution in [0.25, 0.3) is 11.0 Å². The minimum atomic E-state index is -0.129. The van der Waals surface area contributed by atoms with Crippen LogP contribution in [-0.2, 0) is 6.54 Å². The summed E-state index contributed by atoms with van der Waals surface area (Å²) in [5.74, 6) is 0.761. The van der Waals surface area contributed by atoms with E-state index in [0.717, 1.165) is 16.7 Å². The van der Waals surface area contributed by atoms with Gasteiger partial charge in [-0.1, -0.05) is 32.0 Å². The van der Waals surface area contributed by atoms with Crippen LogP contribution in [-0.4, -0.2) is 51.6 Å². The van der Waals surface area contributed by atoms with E-state index >= 15 is 0 Å². The first-order valence-electron chi connectivity index (χ1n) is 10.2. The number of nitrogens with zero attached hydrogens (tertiary/aromatic N) is 5. The van der Waals surface area contributed by atoms with Crippen LogP contribution in [0.3, 0.4) is 0 Å². The van der Waals surface area contributed by atoms with Crippen LogP contribution in [0.1, 0.15) is 13.8 Å². The predicted octanol–water partition coefficient (Wildman–Crippen LogP) is 2.80. The van der Waals surface area contributed by atoms with Crippen LogP contribution < -0.4 is 15.8 Å². The first kappa shape index (κ1) is 19.9. The number of fused-ring (bicyclic) bond motifs is 1. The number of pyridine rings is 1. The van der Waals surface area contributed by atoms with Crippen molar-refractivity contribution >= 4 is 28.6 Å². The SMILES string of the molecule is CC(C)Cn1c(=O)c(N2CCN(C(=O)Nc3ccccc3)CC2)nc2ccncc21. The number of para-hydroxylation sites is 1. The Bertz CT molecular complexity index is 1090. The quantitative estimate of drug-likeness (QED) is 0.720. The van der Waals surface area contributed by atoms with Crippen molar-refractivity contribution in [2.45, 2.75) is 20.4 Å². The van der Waals surface area contributed by atoms with Gasteiger partial charge in [0.05, 0.1) is 17.2 Å². The van der Waals surface area contributed by atoms with E-state index in [9.17, 15) is 9.59 Å². The molecule has 2 amide bonds. The van der Waals surface area contributed by atoms with Gasteiger partial charge in [-0.05, 0) is 24.1 Å². The number of aromatic nitrogens is 3. The van der Waals surface area contributed by atoms with Crippen molar-refractivity contribution in [1.82, 2.24) is 19.4 Å². The number of rotatable bonds is 4. The lowest BCUT2D eigenvalue weighted by Gasteiger charge is -2.35. The molecule has 8 nitrogen and oxygen atoms in total. The molecule has 1 N–H and O–H groups in total. The molecule has 0 radical (unpaired) electrons. The number of hydrogen-bond donors (Lipinski definition) is 1. The van der Waals surface area contributed by atoms with Crippen LogP contribution in [0, 0.1) is 5.92 Å². The zero-order valence-corrected chi connectivity index (χ0v) is 17.3. The van der Waals surface area contributed by atoms with Crippen molar-refractivity contribution in [3.05, 3.63) is 59.1 Å². The van der Waals surface area contributed by atoms with E-state index in [-0.39, 0.29) is 11.6 Å². The van der Waals surface area contributed by atoms with Gasteiger partial charge in [0.2, 0.25) is 0 Å². The number of urea groups is 1. The van der Waals surface area contributed by atoms with E-state index in [1.807, 2.05) is 41.3 Å². The molecule has 0 bridgehead atoms. The van der Waals surface area contributed by atoms with E-state index in [0.29, 0.717) is 44.5 Å². The van der Waals surface area contributed by atoms with E-state index < -0.39 is 0 Å². The largest absolute Gasteiger partial charge is 0.348 e. The predicted molar refractivity (Wildman–Crippen MR) is 118 cm³/mol. The Morgan fingerprint density at radius 2 is 1.83 bits per heavy atom. The van der Waals surface area contributed by atoms with Crippen molar-refractivity contribution in [3.63, 3.8) is 0 Å². The number of amides is 2. The van der Waals surface area contributed by atoms with Gasteiger partial charge in [-0.25, -0.2) is 9.78 Å². The van der Waals surface area contributed by atoms with Crippen molar-refractivity contribution in [2.75, 3.05) is 36.4 Å². The average Bonchev–Trinajstić information content (AvgIpc) is 2.76. The molecule has 156 valence electrons. The Hall–Kier alpha value is -3.42. The summed E-state index contributed by atoms with van der Waals surface area (Å²) in [5.41, 5.74) is 2.17. The van der Waals surface area contributed by atoms with Gasteiger partial charge in [0.15, 0.2) is 5.82 Å². The van der Waals surface area contributed by atoms with Gasteiger partial charge in [-0.15, -0.1) is 0 Å². The molecule has 3 aromatic rings. The number of anilines is 2. The van der Waals surface area contributed by atoms with Crippen molar-refractivity contribution in [1.29, 1.82) is 0 Å². The monoisotopic (exact) mass is 406 g/mol. The molecule has 0 unspecified atom stereocenters. The maximum atomic E-state index is 13.2. The highest BCUT2D eigenvalue weighted by Gasteiger charge is 2.25. The van der Waals surface area contributed by atoms with Gasteiger partial charge in [-0.2, -0.15) is 0 Å². The Morgan fingerprint density at radius 1 is 1.10 bits per heavy atom. The Morgan fingerprint density at radius 3 is 2.53 bits per heavy atom. The highest BCUT2D eigenvalue weighted by Crippen LogP contribution is 2.17. The maximum absolute atomic E-state index is 13.2. The summed E-state index contributed by atoms with van der Waals surface area (Å²) in [6, 6.07) is 11.1. The minimum Gasteiger partial charge on any atom is -0.348 e. The third kappa shape index (κ3) is 4.12. The first-order chi connectivity index (χ1) is 14.5. The van der Waals surface area contributed by atoms with Gasteiger partial charge in [0.25, 0.3) is 5.56 Å². The molecule has 2 aromatic heterocycles. The van der Waals surface area contributed by atoms with Gasteiger partial charge in [-0.3, -0.25) is 9.78 Å². The van der Waals surface area contributed by atoms with Crippen molar-refractivity contribution in [3.8, 4) is 0 Å². The molecule has 8 heteroatoms. The number of benzene rings is 1. The smallest absolute Gasteiger partial charge is 0.321 e. The molecule has 30 heavy (non-hydrogen) atoms. The molecule has 0 spiro atoms. The van der Waals surface area contributed by atoms with Gasteiger partial charge in [0.1, 0.15) is 0 Å². The zero-order valence-electron chi connectivity index (χ0n) is 17.3. The zero-order chi connectivity index (χ0) is 21.1. The summed E-state index contributed by atoms with van der Waals surface area (Å²) in [6.45, 7) is 6.94. The van der Waals surface area contributed by atoms with Crippen LogP contribution in [0.5, 0.6) is 0 Å². The molecule has 1 aliphatic rings. The molecule has 3 heterocycles. The van der Waals surface area contributed by atoms with Crippen molar-refractivity contribution in [2.24, 2.45) is 5.92 Å². The summed E-state index contributed by atoms with van der Waals surface area (Å²) in [4.78, 5) is 38.3. The van der Waals surface area contributed by atoms with Crippen LogP contribution in [0.4, 0.5) is 16.3 Å². The van der Waals surface area contributed by atoms with E-state index in [1.54, 1.807) is 21.9 Å². The second kappa shape index (κ2) is 8.52. The average molecular weight is 406 g/mol. The third-order valence-corrected chi connectivity index (χ3v) is 5.17. The lowest BCUT2D eigenvalue weighted by Crippen LogP contribution is -2.51. The van der Waals surface area contributed by atoms with Crippen LogP contribution >= 0.6 is 0 Å². The second-order valence-electron chi connectivity index (χ2n) is 7.88. The highest BCUT2D eigenvalue weighted by atomic mass is 16.2. The van der Waals surface area contributed by atoms with Gasteiger partial charge in [0, 0.05) is 44.6 Å². The topological polar surface area (TPSA) is 83.4 Å². The number of carbonyl (C=O) groups is 1. The molecule has 4 rings (SSSR count). The summed E-state index contributed by atoms with van der Waals surface area (Å²) >= 11 is 0. The second-order valence-corrected chi connectivity index (χ2v) is 7.88. The molecule has 0 aliphatic carbocycles. The van der Waals surface area contributed by atoms with Gasteiger partial charge >= 0.3 is 6.03 Å². The summed E-state index contributed by atoms with van der Waals surface area (Å²) in [5, 5.41) is 2.91. The van der Waals surface area contributed by atoms with Gasteiger partial charge < -0.3 is 19.7 Å². The van der Waals surface area contributed by atoms with Crippen LogP contribution in [0.15, 0.2) is 53.6 Å². The Labute approximate surface area is 175 Å². The molecule has 1 saturated heterocycles. The van der Waals surface area contributed by atoms with E-state index in [4.69, 9.17) is 0 Å². The number of piperazine rings is 1. The minimum absolute atomic E-state index is 0.105. The lowest BCUT2D eigenvalue weighted by molar-refractivity contribution is 0.208. The summed E-state index contributed by atoms with van der Waals surface area (Å²) in [7, 11) is 0. The van der Waals surface area contributed by atoms with Crippen LogP contribution in [0.2, 0.25) is 0 Å². The number of nitrogens with one attached hydrogen (secondary N) is 1. The normalized spacial score (nSPS) is 14.4. The molecular weight excluding hydrogens is 380 g/mol. The standard InChI is InChI=1S/C22H26N6O2/c1-16(2)15-28-19-14-23-9-8-18(19)25-20(21(28)29)26-10-12-27(13-11-26)22(30)24-17-6-4-3-5-7-17/h3-9,14,16H,10-13,15H2,1-2H3,(H,24,30). The molecule has 1 fully saturated rings. The molecule has 1 aliphatic heterocycles. The lowest BCUT2D eigenvalue weighted by atomic mass is 10.2. The molecule has 0 atom stereocenters. The molecule has 1 aromatic carbocycles.